The second kappa shape index (κ2) is 10.3. The van der Waals surface area contributed by atoms with E-state index in [0.717, 1.165) is 33.3 Å². The maximum absolute atomic E-state index is 13.2. The van der Waals surface area contributed by atoms with Gasteiger partial charge in [-0.05, 0) is 35.0 Å². The van der Waals surface area contributed by atoms with E-state index in [2.05, 4.69) is 22.1 Å². The Morgan fingerprint density at radius 2 is 1.36 bits per heavy atom. The van der Waals surface area contributed by atoms with Crippen LogP contribution in [0.15, 0.2) is 108 Å². The number of aromatic nitrogens is 2. The maximum atomic E-state index is 13.2. The molecule has 3 aromatic heterocycles. The maximum Gasteiger partial charge on any atom is 0.126 e. The molecule has 6 rings (SSSR count). The number of hydrogen-bond donors (Lipinski definition) is 0. The molecular weight excluding hydrogens is 592 g/mol. The van der Waals surface area contributed by atoms with Crippen molar-refractivity contribution in [1.29, 1.82) is 0 Å². The molecule has 3 aromatic carbocycles. The summed E-state index contributed by atoms with van der Waals surface area (Å²) in [4.78, 5) is 8.51. The Hall–Kier alpha value is -3.66. The van der Waals surface area contributed by atoms with Gasteiger partial charge in [-0.25, -0.2) is 4.39 Å². The van der Waals surface area contributed by atoms with E-state index in [1.165, 1.54) is 12.1 Å². The molecular formula is C28H17FIrN2O-2. The zero-order valence-corrected chi connectivity index (χ0v) is 19.7. The first-order chi connectivity index (χ1) is 15.8. The van der Waals surface area contributed by atoms with Crippen molar-refractivity contribution >= 4 is 21.9 Å². The second-order valence-electron chi connectivity index (χ2n) is 7.07. The van der Waals surface area contributed by atoms with Crippen LogP contribution in [0.3, 0.4) is 0 Å². The van der Waals surface area contributed by atoms with Gasteiger partial charge in [-0.2, -0.15) is 0 Å². The zero-order valence-electron chi connectivity index (χ0n) is 17.3. The summed E-state index contributed by atoms with van der Waals surface area (Å²) < 4.78 is 18.9. The van der Waals surface area contributed by atoms with Crippen molar-refractivity contribution in [1.82, 2.24) is 9.97 Å². The quantitative estimate of drug-likeness (QED) is 0.196. The van der Waals surface area contributed by atoms with Crippen molar-refractivity contribution in [2.45, 2.75) is 0 Å². The van der Waals surface area contributed by atoms with Crippen molar-refractivity contribution in [2.75, 3.05) is 0 Å². The summed E-state index contributed by atoms with van der Waals surface area (Å²) in [7, 11) is 0. The fourth-order valence-corrected chi connectivity index (χ4v) is 3.43. The van der Waals surface area contributed by atoms with Crippen LogP contribution in [-0.4, -0.2) is 9.97 Å². The molecule has 163 valence electrons. The topological polar surface area (TPSA) is 38.9 Å². The molecule has 0 amide bonds. The molecule has 3 nitrogen and oxygen atoms in total. The fourth-order valence-electron chi connectivity index (χ4n) is 3.43. The molecule has 0 unspecified atom stereocenters. The molecule has 5 heteroatoms. The monoisotopic (exact) mass is 609 g/mol. The first-order valence-corrected chi connectivity index (χ1v) is 10.1. The van der Waals surface area contributed by atoms with Gasteiger partial charge >= 0.3 is 0 Å². The number of rotatable bonds is 2. The predicted molar refractivity (Wildman–Crippen MR) is 124 cm³/mol. The molecule has 33 heavy (non-hydrogen) atoms. The van der Waals surface area contributed by atoms with E-state index in [1.54, 1.807) is 18.5 Å². The van der Waals surface area contributed by atoms with E-state index in [9.17, 15) is 4.39 Å². The third kappa shape index (κ3) is 5.06. The van der Waals surface area contributed by atoms with Crippen LogP contribution in [0.1, 0.15) is 0 Å². The smallest absolute Gasteiger partial charge is 0.126 e. The predicted octanol–water partition coefficient (Wildman–Crippen LogP) is 7.13. The summed E-state index contributed by atoms with van der Waals surface area (Å²) in [5.41, 5.74) is 4.96. The van der Waals surface area contributed by atoms with E-state index < -0.39 is 0 Å². The third-order valence-electron chi connectivity index (χ3n) is 4.96. The molecule has 0 bridgehead atoms. The molecule has 0 saturated carbocycles. The fraction of sp³-hybridized carbons (Fsp3) is 0. The molecule has 0 atom stereocenters. The van der Waals surface area contributed by atoms with Gasteiger partial charge in [0.15, 0.2) is 0 Å². The minimum Gasteiger partial charge on any atom is -0.476 e. The van der Waals surface area contributed by atoms with E-state index >= 15 is 0 Å². The average molecular weight is 609 g/mol. The van der Waals surface area contributed by atoms with Crippen LogP contribution in [0.25, 0.3) is 44.5 Å². The Bertz CT molecular complexity index is 1430. The number of nitrogens with zero attached hydrogens (tertiary/aromatic N) is 2. The van der Waals surface area contributed by atoms with Crippen LogP contribution in [0.4, 0.5) is 4.39 Å². The number of furan rings is 1. The number of hydrogen-bond acceptors (Lipinski definition) is 3. The Morgan fingerprint density at radius 3 is 2.03 bits per heavy atom. The van der Waals surface area contributed by atoms with Crippen LogP contribution in [-0.2, 0) is 20.1 Å². The SMILES string of the molecule is Fc1ccc2c(c1)oc1cc(-c3ccccn3)[c-]cc12.[Ir].[c-]1ccccc1-c1ccccn1. The largest absolute Gasteiger partial charge is 0.476 e. The van der Waals surface area contributed by atoms with Gasteiger partial charge in [-0.1, -0.05) is 41.8 Å². The summed E-state index contributed by atoms with van der Waals surface area (Å²) in [6, 6.07) is 34.0. The van der Waals surface area contributed by atoms with Gasteiger partial charge in [0, 0.05) is 38.6 Å². The van der Waals surface area contributed by atoms with Gasteiger partial charge in [0.2, 0.25) is 0 Å². The molecule has 6 aromatic rings. The second-order valence-corrected chi connectivity index (χ2v) is 7.07. The van der Waals surface area contributed by atoms with Crippen molar-refractivity contribution in [3.63, 3.8) is 0 Å². The van der Waals surface area contributed by atoms with E-state index in [1.807, 2.05) is 72.8 Å². The van der Waals surface area contributed by atoms with Crippen LogP contribution in [0.2, 0.25) is 0 Å². The number of halogens is 1. The van der Waals surface area contributed by atoms with Crippen molar-refractivity contribution in [3.05, 3.63) is 121 Å². The van der Waals surface area contributed by atoms with Gasteiger partial charge in [0.25, 0.3) is 0 Å². The summed E-state index contributed by atoms with van der Waals surface area (Å²) in [5, 5.41) is 1.82. The van der Waals surface area contributed by atoms with Crippen molar-refractivity contribution in [2.24, 2.45) is 0 Å². The van der Waals surface area contributed by atoms with Crippen LogP contribution in [0, 0.1) is 17.9 Å². The molecule has 0 fully saturated rings. The average Bonchev–Trinajstić information content (AvgIpc) is 3.23. The minimum atomic E-state index is -0.300. The van der Waals surface area contributed by atoms with E-state index in [-0.39, 0.29) is 25.9 Å². The van der Waals surface area contributed by atoms with Gasteiger partial charge < -0.3 is 14.4 Å². The number of benzene rings is 3. The molecule has 0 N–H and O–H groups in total. The minimum absolute atomic E-state index is 0. The van der Waals surface area contributed by atoms with Crippen LogP contribution in [0.5, 0.6) is 0 Å². The Morgan fingerprint density at radius 1 is 0.667 bits per heavy atom. The molecule has 1 radical (unpaired) electrons. The van der Waals surface area contributed by atoms with Crippen LogP contribution >= 0.6 is 0 Å². The molecule has 0 aliphatic rings. The Balaban J connectivity index is 0.000000172. The van der Waals surface area contributed by atoms with Gasteiger partial charge in [0.05, 0.1) is 5.58 Å². The standard InChI is InChI=1S/C17H9FNO.C11H8N.Ir/c18-12-5-7-14-13-6-4-11(15-3-1-2-8-19-15)9-16(13)20-17(14)10-12;1-2-6-10(7-3-1)11-8-4-5-9-12-11;/h1-3,5-10H;1-6,8-9H;/q2*-1;. The van der Waals surface area contributed by atoms with E-state index in [4.69, 9.17) is 4.42 Å². The first-order valence-electron chi connectivity index (χ1n) is 10.1. The number of fused-ring (bicyclic) bond motifs is 3. The van der Waals surface area contributed by atoms with Gasteiger partial charge in [-0.15, -0.1) is 53.6 Å². The summed E-state index contributed by atoms with van der Waals surface area (Å²) in [5.74, 6) is -0.300. The third-order valence-corrected chi connectivity index (χ3v) is 4.96. The molecule has 3 heterocycles. The molecule has 0 saturated heterocycles. The summed E-state index contributed by atoms with van der Waals surface area (Å²) in [6.45, 7) is 0. The van der Waals surface area contributed by atoms with Gasteiger partial charge in [0.1, 0.15) is 11.4 Å². The van der Waals surface area contributed by atoms with Crippen LogP contribution < -0.4 is 0 Å². The zero-order chi connectivity index (χ0) is 21.8. The Labute approximate surface area is 204 Å². The van der Waals surface area contributed by atoms with Crippen molar-refractivity contribution < 1.29 is 28.9 Å². The first kappa shape index (κ1) is 22.5. The molecule has 0 aliphatic heterocycles. The van der Waals surface area contributed by atoms with Gasteiger partial charge in [-0.3, -0.25) is 0 Å². The number of pyridine rings is 2. The normalized spacial score (nSPS) is 10.3. The summed E-state index contributed by atoms with van der Waals surface area (Å²) in [6.07, 6.45) is 3.53. The van der Waals surface area contributed by atoms with Crippen molar-refractivity contribution in [3.8, 4) is 22.5 Å². The summed E-state index contributed by atoms with van der Waals surface area (Å²) >= 11 is 0. The molecule has 0 spiro atoms. The molecule has 0 aliphatic carbocycles. The Kier molecular flexibility index (Phi) is 7.04. The van der Waals surface area contributed by atoms with E-state index in [0.29, 0.717) is 11.2 Å².